The fourth-order valence-corrected chi connectivity index (χ4v) is 5.66. The van der Waals surface area contributed by atoms with Crippen molar-refractivity contribution in [2.24, 2.45) is 0 Å². The molecule has 8 heteroatoms. The number of ether oxygens (including phenoxy) is 3. The van der Waals surface area contributed by atoms with Gasteiger partial charge in [0.15, 0.2) is 0 Å². The molecule has 0 radical (unpaired) electrons. The Labute approximate surface area is 203 Å². The van der Waals surface area contributed by atoms with Gasteiger partial charge in [0.1, 0.15) is 11.5 Å². The largest absolute Gasteiger partial charge is 0.497 e. The maximum atomic E-state index is 14.1. The Hall–Kier alpha value is -2.84. The molecule has 0 N–H and O–H groups in total. The van der Waals surface area contributed by atoms with Crippen LogP contribution >= 0.6 is 0 Å². The van der Waals surface area contributed by atoms with Crippen molar-refractivity contribution in [3.8, 4) is 11.5 Å². The van der Waals surface area contributed by atoms with Crippen LogP contribution < -0.4 is 9.47 Å². The zero-order valence-corrected chi connectivity index (χ0v) is 21.3. The van der Waals surface area contributed by atoms with E-state index < -0.39 is 20.7 Å². The van der Waals surface area contributed by atoms with Crippen molar-refractivity contribution < 1.29 is 27.4 Å². The first kappa shape index (κ1) is 27.4. The summed E-state index contributed by atoms with van der Waals surface area (Å²) in [5.74, 6) is 0.960. The number of carbonyl (C=O) groups excluding carboxylic acids is 1. The maximum absolute atomic E-state index is 14.1. The number of benzene rings is 2. The molecule has 2 rings (SSSR count). The molecule has 34 heavy (non-hydrogen) atoms. The van der Waals surface area contributed by atoms with E-state index in [0.717, 1.165) is 11.1 Å². The summed E-state index contributed by atoms with van der Waals surface area (Å²) in [4.78, 5) is 11.9. The van der Waals surface area contributed by atoms with Crippen LogP contribution in [0, 0.1) is 0 Å². The smallest absolute Gasteiger partial charge is 0.305 e. The van der Waals surface area contributed by atoms with Gasteiger partial charge in [0, 0.05) is 19.5 Å². The second-order valence-corrected chi connectivity index (χ2v) is 10.8. The molecule has 0 saturated heterocycles. The first-order chi connectivity index (χ1) is 16.2. The van der Waals surface area contributed by atoms with Crippen LogP contribution in [0.5, 0.6) is 11.5 Å². The molecule has 2 aromatic carbocycles. The van der Waals surface area contributed by atoms with Gasteiger partial charge in [-0.25, -0.2) is 8.42 Å². The van der Waals surface area contributed by atoms with E-state index in [0.29, 0.717) is 24.3 Å². The highest BCUT2D eigenvalue weighted by Gasteiger charge is 2.43. The average Bonchev–Trinajstić information content (AvgIpc) is 2.86. The molecule has 0 spiro atoms. The van der Waals surface area contributed by atoms with Gasteiger partial charge in [-0.3, -0.25) is 4.79 Å². The summed E-state index contributed by atoms with van der Waals surface area (Å²) >= 11 is 0. The Kier molecular flexibility index (Phi) is 10.1. The van der Waals surface area contributed by atoms with Gasteiger partial charge in [-0.15, -0.1) is 6.58 Å². The molecular formula is C26H35NO6S. The van der Waals surface area contributed by atoms with Gasteiger partial charge in [0.25, 0.3) is 0 Å². The van der Waals surface area contributed by atoms with Crippen LogP contribution in [0.4, 0.5) is 0 Å². The fraction of sp³-hybridized carbons (Fsp3) is 0.423. The fourth-order valence-electron chi connectivity index (χ4n) is 3.67. The van der Waals surface area contributed by atoms with E-state index in [1.165, 1.54) is 11.4 Å². The number of rotatable bonds is 14. The third kappa shape index (κ3) is 7.08. The number of hydrogen-bond donors (Lipinski definition) is 0. The minimum Gasteiger partial charge on any atom is -0.497 e. The number of esters is 1. The topological polar surface area (TPSA) is 82.1 Å². The molecule has 0 aliphatic carbocycles. The number of hydrogen-bond acceptors (Lipinski definition) is 6. The molecule has 0 amide bonds. The molecule has 7 nitrogen and oxygen atoms in total. The number of allylic oxidation sites excluding steroid dienone is 1. The number of carbonyl (C=O) groups is 1. The summed E-state index contributed by atoms with van der Waals surface area (Å²) in [5, 5.41) is 0. The van der Waals surface area contributed by atoms with Crippen LogP contribution in [0.25, 0.3) is 0 Å². The lowest BCUT2D eigenvalue weighted by Gasteiger charge is -2.35. The molecule has 0 heterocycles. The molecule has 2 aromatic rings. The molecule has 0 unspecified atom stereocenters. The van der Waals surface area contributed by atoms with Crippen molar-refractivity contribution in [2.45, 2.75) is 50.4 Å². The number of sulfonamides is 1. The molecule has 186 valence electrons. The van der Waals surface area contributed by atoms with Crippen molar-refractivity contribution in [3.63, 3.8) is 0 Å². The minimum absolute atomic E-state index is 0.0162. The van der Waals surface area contributed by atoms with E-state index in [1.807, 2.05) is 48.5 Å². The molecule has 0 aliphatic heterocycles. The monoisotopic (exact) mass is 489 g/mol. The van der Waals surface area contributed by atoms with Gasteiger partial charge in [-0.05, 0) is 61.6 Å². The highest BCUT2D eigenvalue weighted by atomic mass is 32.2. The lowest BCUT2D eigenvalue weighted by Crippen LogP contribution is -2.46. The van der Waals surface area contributed by atoms with E-state index in [9.17, 15) is 13.2 Å². The van der Waals surface area contributed by atoms with Crippen LogP contribution in [0.1, 0.15) is 43.7 Å². The summed E-state index contributed by atoms with van der Waals surface area (Å²) in [6, 6.07) is 14.6. The van der Waals surface area contributed by atoms with E-state index in [-0.39, 0.29) is 25.9 Å². The Bertz CT molecular complexity index is 984. The van der Waals surface area contributed by atoms with Crippen LogP contribution in [0.3, 0.4) is 0 Å². The second-order valence-electron chi connectivity index (χ2n) is 8.32. The van der Waals surface area contributed by atoms with Crippen molar-refractivity contribution in [1.29, 1.82) is 0 Å². The molecular weight excluding hydrogens is 454 g/mol. The summed E-state index contributed by atoms with van der Waals surface area (Å²) in [7, 11) is 0.622. The quantitative estimate of drug-likeness (QED) is 0.282. The Balaban J connectivity index is 2.45. The predicted octanol–water partition coefficient (Wildman–Crippen LogP) is 4.71. The van der Waals surface area contributed by atoms with Crippen LogP contribution in [0.15, 0.2) is 61.2 Å². The van der Waals surface area contributed by atoms with Gasteiger partial charge in [-0.2, -0.15) is 4.31 Å². The molecule has 0 fully saturated rings. The van der Waals surface area contributed by atoms with E-state index >= 15 is 0 Å². The van der Waals surface area contributed by atoms with E-state index in [4.69, 9.17) is 14.2 Å². The number of nitrogens with zero attached hydrogens (tertiary/aromatic N) is 1. The Morgan fingerprint density at radius 3 is 1.76 bits per heavy atom. The Morgan fingerprint density at radius 1 is 0.912 bits per heavy atom. The summed E-state index contributed by atoms with van der Waals surface area (Å²) in [5.41, 5.74) is 1.66. The average molecular weight is 490 g/mol. The molecule has 0 saturated carbocycles. The zero-order valence-electron chi connectivity index (χ0n) is 20.5. The maximum Gasteiger partial charge on any atom is 0.305 e. The standard InChI is InChI=1S/C26H35NO6S/c1-6-7-17-26(2,18-16-25(28)33-5)34(29,30)27(19-21-8-12-23(31-3)13-9-21)20-22-10-14-24(32-4)15-11-22/h6,8-15H,1,7,16-20H2,2-5H3/t26-/m1/s1. The van der Waals surface area contributed by atoms with Crippen molar-refractivity contribution in [2.75, 3.05) is 21.3 Å². The molecule has 0 aliphatic rings. The zero-order chi connectivity index (χ0) is 25.2. The highest BCUT2D eigenvalue weighted by Crippen LogP contribution is 2.34. The lowest BCUT2D eigenvalue weighted by molar-refractivity contribution is -0.140. The van der Waals surface area contributed by atoms with E-state index in [2.05, 4.69) is 6.58 Å². The van der Waals surface area contributed by atoms with Gasteiger partial charge < -0.3 is 14.2 Å². The Morgan fingerprint density at radius 2 is 1.38 bits per heavy atom. The first-order valence-electron chi connectivity index (χ1n) is 11.1. The van der Waals surface area contributed by atoms with Gasteiger partial charge in [0.05, 0.1) is 26.1 Å². The van der Waals surface area contributed by atoms with Crippen LogP contribution in [-0.4, -0.2) is 44.8 Å². The van der Waals surface area contributed by atoms with Crippen LogP contribution in [0.2, 0.25) is 0 Å². The van der Waals surface area contributed by atoms with Gasteiger partial charge >= 0.3 is 5.97 Å². The first-order valence-corrected chi connectivity index (χ1v) is 12.6. The summed E-state index contributed by atoms with van der Waals surface area (Å²) < 4.78 is 43.7. The van der Waals surface area contributed by atoms with Gasteiger partial charge in [-0.1, -0.05) is 30.3 Å². The van der Waals surface area contributed by atoms with Crippen molar-refractivity contribution in [1.82, 2.24) is 4.31 Å². The lowest BCUT2D eigenvalue weighted by atomic mass is 9.98. The molecule has 0 bridgehead atoms. The van der Waals surface area contributed by atoms with Crippen molar-refractivity contribution in [3.05, 3.63) is 72.3 Å². The van der Waals surface area contributed by atoms with Crippen molar-refractivity contribution >= 4 is 16.0 Å². The van der Waals surface area contributed by atoms with E-state index in [1.54, 1.807) is 27.2 Å². The van der Waals surface area contributed by atoms with Gasteiger partial charge in [0.2, 0.25) is 10.0 Å². The third-order valence-electron chi connectivity index (χ3n) is 5.96. The summed E-state index contributed by atoms with van der Waals surface area (Å²) in [6.45, 7) is 5.81. The molecule has 0 aromatic heterocycles. The predicted molar refractivity (Wildman–Crippen MR) is 133 cm³/mol. The highest BCUT2D eigenvalue weighted by molar-refractivity contribution is 7.90. The van der Waals surface area contributed by atoms with Crippen LogP contribution in [-0.2, 0) is 32.6 Å². The minimum atomic E-state index is -3.85. The number of methoxy groups -OCH3 is 3. The molecule has 1 atom stereocenters. The SMILES string of the molecule is C=CCC[C@](C)(CCC(=O)OC)S(=O)(=O)N(Cc1ccc(OC)cc1)Cc1ccc(OC)cc1. The second kappa shape index (κ2) is 12.6. The normalized spacial score (nSPS) is 13.2. The summed E-state index contributed by atoms with van der Waals surface area (Å²) in [6.07, 6.45) is 2.72. The third-order valence-corrected chi connectivity index (χ3v) is 8.55.